The van der Waals surface area contributed by atoms with Crippen LogP contribution in [-0.2, 0) is 0 Å². The summed E-state index contributed by atoms with van der Waals surface area (Å²) in [6.07, 6.45) is 4.94. The minimum Gasteiger partial charge on any atom is -0.271 e. The van der Waals surface area contributed by atoms with Crippen molar-refractivity contribution in [3.05, 3.63) is 23.3 Å². The normalized spacial score (nSPS) is 10.5. The first-order chi connectivity index (χ1) is 4.88. The molecule has 0 fully saturated rings. The summed E-state index contributed by atoms with van der Waals surface area (Å²) in [5.74, 6) is 0. The number of hydrogen-bond acceptors (Lipinski definition) is 3. The van der Waals surface area contributed by atoms with E-state index in [4.69, 9.17) is 0 Å². The van der Waals surface area contributed by atoms with Crippen LogP contribution in [0.5, 0.6) is 0 Å². The van der Waals surface area contributed by atoms with Crippen LogP contribution < -0.4 is 0 Å². The Morgan fingerprint density at radius 2 is 2.30 bits per heavy atom. The summed E-state index contributed by atoms with van der Waals surface area (Å²) in [6.45, 7) is 0. The van der Waals surface area contributed by atoms with E-state index in [1.165, 1.54) is 0 Å². The van der Waals surface area contributed by atoms with Crippen LogP contribution in [0.1, 0.15) is 0 Å². The van der Waals surface area contributed by atoms with Crippen LogP contribution in [-0.4, -0.2) is 19.6 Å². The molecule has 0 unspecified atom stereocenters. The molecule has 10 heavy (non-hydrogen) atoms. The molecule has 2 aromatic rings. The Hall–Kier alpha value is -0.970. The third-order valence-corrected chi connectivity index (χ3v) is 1.73. The van der Waals surface area contributed by atoms with E-state index >= 15 is 0 Å². The zero-order chi connectivity index (χ0) is 6.97. The topological polar surface area (TPSA) is 43.1 Å². The lowest BCUT2D eigenvalue weighted by Gasteiger charge is -1.89. The second-order valence-electron chi connectivity index (χ2n) is 1.80. The molecule has 0 spiro atoms. The van der Waals surface area contributed by atoms with Gasteiger partial charge in [0.05, 0.1) is 4.47 Å². The van der Waals surface area contributed by atoms with Gasteiger partial charge in [-0.15, -0.1) is 10.2 Å². The highest BCUT2D eigenvalue weighted by Gasteiger charge is 1.97. The molecule has 0 aliphatic rings. The molecule has 0 aliphatic heterocycles. The molecule has 0 saturated carbocycles. The smallest absolute Gasteiger partial charge is 0.177 e. The van der Waals surface area contributed by atoms with E-state index in [1.807, 2.05) is 0 Å². The number of nitrogens with zero attached hydrogens (tertiary/aromatic N) is 4. The van der Waals surface area contributed by atoms with Gasteiger partial charge >= 0.3 is 0 Å². The summed E-state index contributed by atoms with van der Waals surface area (Å²) >= 11 is 3.29. The van der Waals surface area contributed by atoms with E-state index in [1.54, 1.807) is 23.3 Å². The standard InChI is InChI=1S/C5H3BrN4/c6-4-1-7-2-10-3-8-9-5(4)10/h1-3H. The molecule has 0 N–H and O–H groups in total. The van der Waals surface area contributed by atoms with Crippen molar-refractivity contribution in [1.29, 1.82) is 0 Å². The minimum atomic E-state index is 0.787. The Kier molecular flexibility index (Phi) is 1.17. The van der Waals surface area contributed by atoms with Crippen molar-refractivity contribution in [2.45, 2.75) is 0 Å². The molecular weight excluding hydrogens is 196 g/mol. The van der Waals surface area contributed by atoms with Crippen molar-refractivity contribution >= 4 is 21.6 Å². The van der Waals surface area contributed by atoms with Crippen LogP contribution in [0.4, 0.5) is 0 Å². The lowest BCUT2D eigenvalue weighted by Crippen LogP contribution is -1.84. The highest BCUT2D eigenvalue weighted by molar-refractivity contribution is 9.10. The SMILES string of the molecule is Brc1cncn2cnnc12. The van der Waals surface area contributed by atoms with Crippen molar-refractivity contribution in [3.63, 3.8) is 0 Å². The summed E-state index contributed by atoms with van der Waals surface area (Å²) in [5.41, 5.74) is 0.787. The minimum absolute atomic E-state index is 0.787. The number of fused-ring (bicyclic) bond motifs is 1. The Bertz CT molecular complexity index is 355. The first-order valence-corrected chi connectivity index (χ1v) is 3.46. The molecule has 0 aliphatic carbocycles. The van der Waals surface area contributed by atoms with Gasteiger partial charge in [-0.1, -0.05) is 0 Å². The maximum atomic E-state index is 3.92. The Morgan fingerprint density at radius 1 is 1.40 bits per heavy atom. The predicted molar refractivity (Wildman–Crippen MR) is 38.5 cm³/mol. The maximum absolute atomic E-state index is 3.92. The molecule has 0 radical (unpaired) electrons. The largest absolute Gasteiger partial charge is 0.271 e. The second-order valence-corrected chi connectivity index (χ2v) is 2.66. The van der Waals surface area contributed by atoms with E-state index in [2.05, 4.69) is 31.1 Å². The zero-order valence-corrected chi connectivity index (χ0v) is 6.48. The van der Waals surface area contributed by atoms with Crippen molar-refractivity contribution < 1.29 is 0 Å². The predicted octanol–water partition coefficient (Wildman–Crippen LogP) is 0.887. The first kappa shape index (κ1) is 5.79. The average molecular weight is 199 g/mol. The van der Waals surface area contributed by atoms with Crippen molar-refractivity contribution in [2.24, 2.45) is 0 Å². The fourth-order valence-electron chi connectivity index (χ4n) is 0.726. The fraction of sp³-hybridized carbons (Fsp3) is 0. The lowest BCUT2D eigenvalue weighted by atomic mass is 10.6. The summed E-state index contributed by atoms with van der Waals surface area (Å²) in [4.78, 5) is 3.92. The molecule has 2 aromatic heterocycles. The molecule has 2 rings (SSSR count). The lowest BCUT2D eigenvalue weighted by molar-refractivity contribution is 1.06. The monoisotopic (exact) mass is 198 g/mol. The van der Waals surface area contributed by atoms with Crippen LogP contribution in [0.2, 0.25) is 0 Å². The van der Waals surface area contributed by atoms with Crippen LogP contribution in [0.15, 0.2) is 23.3 Å². The number of rotatable bonds is 0. The van der Waals surface area contributed by atoms with E-state index in [-0.39, 0.29) is 0 Å². The van der Waals surface area contributed by atoms with E-state index < -0.39 is 0 Å². The molecule has 0 bridgehead atoms. The Labute approximate surface area is 65.0 Å². The summed E-state index contributed by atoms with van der Waals surface area (Å²) in [7, 11) is 0. The van der Waals surface area contributed by atoms with Crippen molar-refractivity contribution in [2.75, 3.05) is 0 Å². The molecular formula is C5H3BrN4. The molecule has 50 valence electrons. The van der Waals surface area contributed by atoms with Gasteiger partial charge in [0.1, 0.15) is 12.7 Å². The fourth-order valence-corrected chi connectivity index (χ4v) is 1.13. The Morgan fingerprint density at radius 3 is 3.10 bits per heavy atom. The van der Waals surface area contributed by atoms with Gasteiger partial charge in [-0.05, 0) is 15.9 Å². The van der Waals surface area contributed by atoms with Gasteiger partial charge in [-0.3, -0.25) is 4.40 Å². The summed E-state index contributed by atoms with van der Waals surface area (Å²) in [6, 6.07) is 0. The van der Waals surface area contributed by atoms with E-state index in [0.29, 0.717) is 0 Å². The van der Waals surface area contributed by atoms with Crippen LogP contribution in [0, 0.1) is 0 Å². The molecule has 5 heteroatoms. The number of hydrogen-bond donors (Lipinski definition) is 0. The molecule has 0 amide bonds. The van der Waals surface area contributed by atoms with Crippen LogP contribution in [0.25, 0.3) is 5.65 Å². The number of halogens is 1. The molecule has 2 heterocycles. The van der Waals surface area contributed by atoms with Gasteiger partial charge in [0.2, 0.25) is 0 Å². The van der Waals surface area contributed by atoms with Gasteiger partial charge in [0.15, 0.2) is 5.65 Å². The first-order valence-electron chi connectivity index (χ1n) is 2.67. The Balaban J connectivity index is 2.95. The van der Waals surface area contributed by atoms with Crippen LogP contribution in [0.3, 0.4) is 0 Å². The van der Waals surface area contributed by atoms with Gasteiger partial charge in [0.25, 0.3) is 0 Å². The van der Waals surface area contributed by atoms with Gasteiger partial charge < -0.3 is 0 Å². The summed E-state index contributed by atoms with van der Waals surface area (Å²) < 4.78 is 2.59. The zero-order valence-electron chi connectivity index (χ0n) is 4.90. The third kappa shape index (κ3) is 0.706. The van der Waals surface area contributed by atoms with Crippen LogP contribution >= 0.6 is 15.9 Å². The average Bonchev–Trinajstić information content (AvgIpc) is 2.36. The van der Waals surface area contributed by atoms with E-state index in [9.17, 15) is 0 Å². The van der Waals surface area contributed by atoms with Crippen molar-refractivity contribution in [3.8, 4) is 0 Å². The van der Waals surface area contributed by atoms with Gasteiger partial charge in [0, 0.05) is 6.20 Å². The molecule has 0 saturated heterocycles. The van der Waals surface area contributed by atoms with Gasteiger partial charge in [-0.2, -0.15) is 0 Å². The molecule has 0 aromatic carbocycles. The highest BCUT2D eigenvalue weighted by Crippen LogP contribution is 2.11. The quantitative estimate of drug-likeness (QED) is 0.632. The number of aromatic nitrogens is 4. The highest BCUT2D eigenvalue weighted by atomic mass is 79.9. The third-order valence-electron chi connectivity index (χ3n) is 1.17. The molecule has 4 nitrogen and oxygen atoms in total. The maximum Gasteiger partial charge on any atom is 0.177 e. The van der Waals surface area contributed by atoms with Gasteiger partial charge in [-0.25, -0.2) is 4.98 Å². The van der Waals surface area contributed by atoms with E-state index in [0.717, 1.165) is 10.1 Å². The molecule has 0 atom stereocenters. The summed E-state index contributed by atoms with van der Waals surface area (Å²) in [5, 5.41) is 7.55. The van der Waals surface area contributed by atoms with Crippen molar-refractivity contribution in [1.82, 2.24) is 19.6 Å². The second kappa shape index (κ2) is 2.02.